The molecule has 1 aromatic carbocycles. The molecule has 0 aliphatic carbocycles. The van der Waals surface area contributed by atoms with Gasteiger partial charge in [-0.15, -0.1) is 0 Å². The molecule has 3 rings (SSSR count). The van der Waals surface area contributed by atoms with Crippen LogP contribution in [0, 0.1) is 0 Å². The normalized spacial score (nSPS) is 29.7. The van der Waals surface area contributed by atoms with Crippen LogP contribution in [0.2, 0.25) is 0 Å². The summed E-state index contributed by atoms with van der Waals surface area (Å²) < 4.78 is 43.9. The Hall–Kier alpha value is -1.43. The van der Waals surface area contributed by atoms with Crippen LogP contribution in [0.5, 0.6) is 0 Å². The van der Waals surface area contributed by atoms with Gasteiger partial charge < -0.3 is 15.8 Å². The Labute approximate surface area is 108 Å². The number of nitrogens with two attached hydrogens (primary N) is 1. The van der Waals surface area contributed by atoms with Crippen LogP contribution in [-0.4, -0.2) is 18.2 Å². The number of anilines is 2. The number of benzene rings is 1. The molecule has 3 nitrogen and oxygen atoms in total. The average Bonchev–Trinajstić information content (AvgIpc) is 2.92. The molecule has 6 heteroatoms. The fraction of sp³-hybridized carbons (Fsp3) is 0.538. The summed E-state index contributed by atoms with van der Waals surface area (Å²) in [4.78, 5) is 0. The smallest absolute Gasteiger partial charge is 0.398 e. The van der Waals surface area contributed by atoms with Crippen LogP contribution in [0.15, 0.2) is 18.2 Å². The molecule has 2 saturated heterocycles. The Balaban J connectivity index is 1.78. The minimum absolute atomic E-state index is 0.100. The number of rotatable bonds is 2. The fourth-order valence-corrected chi connectivity index (χ4v) is 2.90. The van der Waals surface area contributed by atoms with Crippen LogP contribution in [0.25, 0.3) is 0 Å². The van der Waals surface area contributed by atoms with Crippen molar-refractivity contribution in [1.82, 2.24) is 0 Å². The van der Waals surface area contributed by atoms with Crippen LogP contribution in [0.1, 0.15) is 24.8 Å². The van der Waals surface area contributed by atoms with Gasteiger partial charge in [0.05, 0.1) is 23.8 Å². The molecule has 0 spiro atoms. The van der Waals surface area contributed by atoms with Crippen molar-refractivity contribution in [2.24, 2.45) is 0 Å². The van der Waals surface area contributed by atoms with E-state index < -0.39 is 11.7 Å². The zero-order chi connectivity index (χ0) is 13.6. The van der Waals surface area contributed by atoms with Gasteiger partial charge in [-0.1, -0.05) is 0 Å². The topological polar surface area (TPSA) is 47.3 Å². The first-order chi connectivity index (χ1) is 8.93. The summed E-state index contributed by atoms with van der Waals surface area (Å²) in [6, 6.07) is 4.04. The average molecular weight is 272 g/mol. The lowest BCUT2D eigenvalue weighted by Crippen LogP contribution is -2.30. The predicted octanol–water partition coefficient (Wildman–Crippen LogP) is 3.02. The van der Waals surface area contributed by atoms with Gasteiger partial charge in [-0.05, 0) is 37.5 Å². The highest BCUT2D eigenvalue weighted by molar-refractivity contribution is 5.58. The molecule has 1 aromatic rings. The van der Waals surface area contributed by atoms with Gasteiger partial charge in [0, 0.05) is 11.4 Å². The molecule has 3 atom stereocenters. The van der Waals surface area contributed by atoms with E-state index in [1.807, 2.05) is 0 Å². The summed E-state index contributed by atoms with van der Waals surface area (Å²) in [5.74, 6) is 0. The van der Waals surface area contributed by atoms with Crippen LogP contribution in [0.3, 0.4) is 0 Å². The summed E-state index contributed by atoms with van der Waals surface area (Å²) in [7, 11) is 0. The number of fused-ring (bicyclic) bond motifs is 2. The molecule has 2 aliphatic rings. The molecule has 2 aliphatic heterocycles. The summed E-state index contributed by atoms with van der Waals surface area (Å²) >= 11 is 0. The number of hydrogen-bond acceptors (Lipinski definition) is 3. The van der Waals surface area contributed by atoms with E-state index in [0.29, 0.717) is 5.69 Å². The quantitative estimate of drug-likeness (QED) is 0.813. The first kappa shape index (κ1) is 12.6. The maximum atomic E-state index is 12.8. The maximum Gasteiger partial charge on any atom is 0.418 e. The minimum Gasteiger partial charge on any atom is -0.398 e. The number of hydrogen-bond donors (Lipinski definition) is 2. The molecule has 2 bridgehead atoms. The second kappa shape index (κ2) is 4.30. The van der Waals surface area contributed by atoms with Crippen molar-refractivity contribution >= 4 is 11.4 Å². The summed E-state index contributed by atoms with van der Waals surface area (Å²) in [5.41, 5.74) is 4.78. The molecule has 3 N–H and O–H groups in total. The van der Waals surface area contributed by atoms with Crippen molar-refractivity contribution < 1.29 is 17.9 Å². The standard InChI is InChI=1S/C13H15F3N2O/c14-13(15,16)9-5-7(1-3-10(9)17)18-11-6-8-2-4-12(11)19-8/h1,3,5,8,11-12,18H,2,4,6,17H2. The van der Waals surface area contributed by atoms with Gasteiger partial charge in [0.2, 0.25) is 0 Å². The molecule has 104 valence electrons. The largest absolute Gasteiger partial charge is 0.418 e. The third-order valence-corrected chi connectivity index (χ3v) is 3.82. The number of nitrogen functional groups attached to an aromatic ring is 1. The van der Waals surface area contributed by atoms with Crippen molar-refractivity contribution in [2.75, 3.05) is 11.1 Å². The van der Waals surface area contributed by atoms with Crippen molar-refractivity contribution in [1.29, 1.82) is 0 Å². The first-order valence-corrected chi connectivity index (χ1v) is 6.32. The number of halogens is 3. The lowest BCUT2D eigenvalue weighted by atomic mass is 9.95. The summed E-state index contributed by atoms with van der Waals surface area (Å²) in [5, 5.41) is 3.13. The Morgan fingerprint density at radius 2 is 2.05 bits per heavy atom. The van der Waals surface area contributed by atoms with E-state index >= 15 is 0 Å². The summed E-state index contributed by atoms with van der Waals surface area (Å²) in [6.07, 6.45) is -1.15. The Bertz CT molecular complexity index is 489. The third kappa shape index (κ3) is 2.36. The fourth-order valence-electron chi connectivity index (χ4n) is 2.90. The first-order valence-electron chi connectivity index (χ1n) is 6.32. The van der Waals surface area contributed by atoms with Crippen molar-refractivity contribution in [3.05, 3.63) is 23.8 Å². The molecule has 0 aromatic heterocycles. The minimum atomic E-state index is -4.42. The van der Waals surface area contributed by atoms with Crippen LogP contribution in [-0.2, 0) is 10.9 Å². The second-order valence-corrected chi connectivity index (χ2v) is 5.16. The van der Waals surface area contributed by atoms with E-state index in [9.17, 15) is 13.2 Å². The molecule has 0 saturated carbocycles. The van der Waals surface area contributed by atoms with Crippen molar-refractivity contribution in [3.63, 3.8) is 0 Å². The van der Waals surface area contributed by atoms with Crippen LogP contribution in [0.4, 0.5) is 24.5 Å². The zero-order valence-electron chi connectivity index (χ0n) is 10.2. The lowest BCUT2D eigenvalue weighted by molar-refractivity contribution is -0.136. The molecular weight excluding hydrogens is 257 g/mol. The van der Waals surface area contributed by atoms with E-state index in [1.165, 1.54) is 6.07 Å². The maximum absolute atomic E-state index is 12.8. The second-order valence-electron chi connectivity index (χ2n) is 5.16. The third-order valence-electron chi connectivity index (χ3n) is 3.82. The van der Waals surface area contributed by atoms with Gasteiger partial charge in [-0.3, -0.25) is 0 Å². The highest BCUT2D eigenvalue weighted by Crippen LogP contribution is 2.38. The number of nitrogens with one attached hydrogen (secondary N) is 1. The molecule has 2 heterocycles. The highest BCUT2D eigenvalue weighted by atomic mass is 19.4. The zero-order valence-corrected chi connectivity index (χ0v) is 10.2. The highest BCUT2D eigenvalue weighted by Gasteiger charge is 2.41. The van der Waals surface area contributed by atoms with Gasteiger partial charge in [0.15, 0.2) is 0 Å². The van der Waals surface area contributed by atoms with Gasteiger partial charge >= 0.3 is 6.18 Å². The van der Waals surface area contributed by atoms with Crippen molar-refractivity contribution in [2.45, 2.75) is 43.7 Å². The van der Waals surface area contributed by atoms with E-state index in [0.717, 1.165) is 25.3 Å². The molecule has 0 radical (unpaired) electrons. The van der Waals surface area contributed by atoms with Gasteiger partial charge in [0.25, 0.3) is 0 Å². The SMILES string of the molecule is Nc1ccc(NC2CC3CCC2O3)cc1C(F)(F)F. The summed E-state index contributed by atoms with van der Waals surface area (Å²) in [6.45, 7) is 0. The Morgan fingerprint density at radius 1 is 1.26 bits per heavy atom. The molecule has 0 amide bonds. The lowest BCUT2D eigenvalue weighted by Gasteiger charge is -2.22. The van der Waals surface area contributed by atoms with E-state index in [2.05, 4.69) is 5.32 Å². The monoisotopic (exact) mass is 272 g/mol. The Morgan fingerprint density at radius 3 is 2.63 bits per heavy atom. The van der Waals surface area contributed by atoms with Gasteiger partial charge in [0.1, 0.15) is 0 Å². The van der Waals surface area contributed by atoms with E-state index in [-0.39, 0.29) is 23.9 Å². The van der Waals surface area contributed by atoms with Gasteiger partial charge in [-0.2, -0.15) is 13.2 Å². The van der Waals surface area contributed by atoms with Crippen LogP contribution < -0.4 is 11.1 Å². The molecule has 19 heavy (non-hydrogen) atoms. The van der Waals surface area contributed by atoms with E-state index in [1.54, 1.807) is 6.07 Å². The molecule has 3 unspecified atom stereocenters. The number of ether oxygens (including phenoxy) is 1. The van der Waals surface area contributed by atoms with Crippen LogP contribution >= 0.6 is 0 Å². The Kier molecular flexibility index (Phi) is 2.85. The van der Waals surface area contributed by atoms with E-state index in [4.69, 9.17) is 10.5 Å². The van der Waals surface area contributed by atoms with Gasteiger partial charge in [-0.25, -0.2) is 0 Å². The molecular formula is C13H15F3N2O. The molecule has 2 fully saturated rings. The predicted molar refractivity (Wildman–Crippen MR) is 65.8 cm³/mol. The number of alkyl halides is 3. The van der Waals surface area contributed by atoms with Crippen molar-refractivity contribution in [3.8, 4) is 0 Å².